The number of hydrogen-bond acceptors (Lipinski definition) is 7. The van der Waals surface area contributed by atoms with Gasteiger partial charge in [0.2, 0.25) is 0 Å². The molecule has 1 N–H and O–H groups in total. The number of ether oxygens (including phenoxy) is 2. The molecule has 35 heavy (non-hydrogen) atoms. The maximum atomic E-state index is 12.3. The molecule has 0 fully saturated rings. The largest absolute Gasteiger partial charge is 0.514 e. The summed E-state index contributed by atoms with van der Waals surface area (Å²) in [5.74, 6) is 0.495. The summed E-state index contributed by atoms with van der Waals surface area (Å²) in [5, 5.41) is 6.20. The highest BCUT2D eigenvalue weighted by Gasteiger charge is 2.21. The minimum Gasteiger partial charge on any atom is -0.428 e. The number of imidazole rings is 1. The molecule has 0 saturated carbocycles. The summed E-state index contributed by atoms with van der Waals surface area (Å²) in [6.45, 7) is 13.3. The van der Waals surface area contributed by atoms with Gasteiger partial charge < -0.3 is 19.4 Å². The summed E-state index contributed by atoms with van der Waals surface area (Å²) in [6.07, 6.45) is 3.08. The molecule has 2 heterocycles. The van der Waals surface area contributed by atoms with Crippen LogP contribution in [0.2, 0.25) is 0 Å². The van der Waals surface area contributed by atoms with E-state index < -0.39 is 11.8 Å². The summed E-state index contributed by atoms with van der Waals surface area (Å²) >= 11 is 1.52. The lowest BCUT2D eigenvalue weighted by atomic mass is 10.0. The molecule has 4 rings (SSSR count). The van der Waals surface area contributed by atoms with E-state index in [0.29, 0.717) is 5.75 Å². The summed E-state index contributed by atoms with van der Waals surface area (Å²) < 4.78 is 12.9. The number of carbonyl (C=O) groups is 1. The highest BCUT2D eigenvalue weighted by molar-refractivity contribution is 7.14. The Morgan fingerprint density at radius 2 is 1.77 bits per heavy atom. The van der Waals surface area contributed by atoms with Crippen LogP contribution in [0.5, 0.6) is 5.75 Å². The van der Waals surface area contributed by atoms with Crippen molar-refractivity contribution in [2.24, 2.45) is 0 Å². The van der Waals surface area contributed by atoms with Gasteiger partial charge in [0.15, 0.2) is 5.13 Å². The molecule has 2 aromatic carbocycles. The van der Waals surface area contributed by atoms with Crippen molar-refractivity contribution in [1.82, 2.24) is 14.5 Å². The first kappa shape index (κ1) is 24.5. The predicted octanol–water partition coefficient (Wildman–Crippen LogP) is 7.29. The maximum absolute atomic E-state index is 12.3. The van der Waals surface area contributed by atoms with Gasteiger partial charge in [-0.2, -0.15) is 0 Å². The van der Waals surface area contributed by atoms with Crippen molar-refractivity contribution in [3.8, 4) is 22.7 Å². The van der Waals surface area contributed by atoms with Gasteiger partial charge in [-0.3, -0.25) is 0 Å². The molecule has 0 aliphatic rings. The van der Waals surface area contributed by atoms with Crippen molar-refractivity contribution in [2.45, 2.75) is 54.1 Å². The van der Waals surface area contributed by atoms with Crippen LogP contribution in [0, 0.1) is 27.7 Å². The molecule has 7 nitrogen and oxygen atoms in total. The zero-order valence-electron chi connectivity index (χ0n) is 21.1. The van der Waals surface area contributed by atoms with Gasteiger partial charge in [0.05, 0.1) is 17.7 Å². The summed E-state index contributed by atoms with van der Waals surface area (Å²) in [6, 6.07) is 10.2. The van der Waals surface area contributed by atoms with E-state index >= 15 is 0 Å². The molecule has 0 aliphatic heterocycles. The molecular weight excluding hydrogens is 460 g/mol. The zero-order chi connectivity index (χ0) is 25.3. The number of benzene rings is 2. The number of nitrogens with one attached hydrogen (secondary N) is 1. The topological polar surface area (TPSA) is 78.3 Å². The van der Waals surface area contributed by atoms with Crippen LogP contribution >= 0.6 is 11.3 Å². The number of carbonyl (C=O) groups excluding carboxylic acids is 1. The third-order valence-corrected chi connectivity index (χ3v) is 6.14. The van der Waals surface area contributed by atoms with E-state index in [9.17, 15) is 4.79 Å². The van der Waals surface area contributed by atoms with Gasteiger partial charge in [0, 0.05) is 34.1 Å². The first-order valence-corrected chi connectivity index (χ1v) is 12.2. The molecule has 0 amide bonds. The zero-order valence-corrected chi connectivity index (χ0v) is 21.9. The van der Waals surface area contributed by atoms with Crippen LogP contribution in [-0.2, 0) is 4.74 Å². The van der Waals surface area contributed by atoms with E-state index in [2.05, 4.69) is 34.6 Å². The SMILES string of the molecule is Cc1cn(-c2ccc(-c3csc(Nc4c(C)cc(C)c(OC(=O)OC(C)(C)C)c4C)n3)cc2)cn1. The molecule has 8 heteroatoms. The van der Waals surface area contributed by atoms with Crippen molar-refractivity contribution in [3.63, 3.8) is 0 Å². The van der Waals surface area contributed by atoms with Gasteiger partial charge in [0.25, 0.3) is 0 Å². The summed E-state index contributed by atoms with van der Waals surface area (Å²) in [5.41, 5.74) is 6.90. The average Bonchev–Trinajstić information content (AvgIpc) is 3.42. The number of thiazole rings is 1. The third-order valence-electron chi connectivity index (χ3n) is 5.39. The second-order valence-electron chi connectivity index (χ2n) is 9.54. The Labute approximate surface area is 209 Å². The maximum Gasteiger partial charge on any atom is 0.514 e. The molecule has 0 aliphatic carbocycles. The van der Waals surface area contributed by atoms with E-state index in [0.717, 1.165) is 50.1 Å². The van der Waals surface area contributed by atoms with E-state index in [1.54, 1.807) is 0 Å². The fourth-order valence-corrected chi connectivity index (χ4v) is 4.53. The van der Waals surface area contributed by atoms with Crippen molar-refractivity contribution in [1.29, 1.82) is 0 Å². The van der Waals surface area contributed by atoms with Crippen molar-refractivity contribution in [2.75, 3.05) is 5.32 Å². The lowest BCUT2D eigenvalue weighted by Gasteiger charge is -2.21. The minimum atomic E-state index is -0.718. The standard InChI is InChI=1S/C27H30N4O3S/c1-16-12-17(2)24(33-26(32)34-27(5,6)7)19(4)23(16)30-25-29-22(14-35-25)20-8-10-21(11-9-20)31-13-18(3)28-15-31/h8-15H,1-7H3,(H,29,30). The number of anilines is 2. The molecule has 4 aromatic rings. The quantitative estimate of drug-likeness (QED) is 0.234. The highest BCUT2D eigenvalue weighted by Crippen LogP contribution is 2.36. The highest BCUT2D eigenvalue weighted by atomic mass is 32.1. The Balaban J connectivity index is 1.54. The second kappa shape index (κ2) is 9.54. The van der Waals surface area contributed by atoms with E-state index in [-0.39, 0.29) is 0 Å². The molecule has 182 valence electrons. The van der Waals surface area contributed by atoms with Crippen LogP contribution in [0.3, 0.4) is 0 Å². The normalized spacial score (nSPS) is 11.4. The fraction of sp³-hybridized carbons (Fsp3) is 0.296. The first-order valence-electron chi connectivity index (χ1n) is 11.4. The van der Waals surface area contributed by atoms with Crippen LogP contribution in [0.1, 0.15) is 43.2 Å². The lowest BCUT2D eigenvalue weighted by Crippen LogP contribution is -2.26. The van der Waals surface area contributed by atoms with Crippen LogP contribution in [0.4, 0.5) is 15.6 Å². The molecule has 2 aromatic heterocycles. The molecule has 0 bridgehead atoms. The fourth-order valence-electron chi connectivity index (χ4n) is 3.81. The van der Waals surface area contributed by atoms with Gasteiger partial charge >= 0.3 is 6.16 Å². The second-order valence-corrected chi connectivity index (χ2v) is 10.4. The summed E-state index contributed by atoms with van der Waals surface area (Å²) in [4.78, 5) is 21.3. The smallest absolute Gasteiger partial charge is 0.428 e. The lowest BCUT2D eigenvalue weighted by molar-refractivity contribution is 0.0203. The number of aryl methyl sites for hydroxylation is 3. The predicted molar refractivity (Wildman–Crippen MR) is 140 cm³/mol. The number of aromatic nitrogens is 3. The van der Waals surface area contributed by atoms with E-state index in [1.165, 1.54) is 11.3 Å². The van der Waals surface area contributed by atoms with Crippen LogP contribution in [0.15, 0.2) is 48.2 Å². The Morgan fingerprint density at radius 1 is 1.06 bits per heavy atom. The van der Waals surface area contributed by atoms with Crippen LogP contribution in [0.25, 0.3) is 16.9 Å². The summed E-state index contributed by atoms with van der Waals surface area (Å²) in [7, 11) is 0. The van der Waals surface area contributed by atoms with Crippen molar-refractivity contribution >= 4 is 28.3 Å². The van der Waals surface area contributed by atoms with E-state index in [1.807, 2.05) is 77.0 Å². The Hall–Kier alpha value is -3.65. The minimum absolute atomic E-state index is 0.495. The van der Waals surface area contributed by atoms with Crippen molar-refractivity contribution < 1.29 is 14.3 Å². The third kappa shape index (κ3) is 5.71. The number of rotatable bonds is 5. The molecule has 0 unspecified atom stereocenters. The first-order chi connectivity index (χ1) is 16.5. The van der Waals surface area contributed by atoms with Crippen LogP contribution in [-0.4, -0.2) is 26.3 Å². The number of hydrogen-bond donors (Lipinski definition) is 1. The Bertz CT molecular complexity index is 1360. The Morgan fingerprint density at radius 3 is 2.40 bits per heavy atom. The van der Waals surface area contributed by atoms with Gasteiger partial charge in [0.1, 0.15) is 11.4 Å². The number of nitrogens with zero attached hydrogens (tertiary/aromatic N) is 3. The molecular formula is C27H30N4O3S. The van der Waals surface area contributed by atoms with Crippen LogP contribution < -0.4 is 10.1 Å². The van der Waals surface area contributed by atoms with Gasteiger partial charge in [-0.05, 0) is 71.7 Å². The van der Waals surface area contributed by atoms with Gasteiger partial charge in [-0.25, -0.2) is 14.8 Å². The van der Waals surface area contributed by atoms with Crippen molar-refractivity contribution in [3.05, 3.63) is 70.6 Å². The molecule has 0 radical (unpaired) electrons. The average molecular weight is 491 g/mol. The van der Waals surface area contributed by atoms with Gasteiger partial charge in [-0.1, -0.05) is 18.2 Å². The molecule has 0 atom stereocenters. The van der Waals surface area contributed by atoms with E-state index in [4.69, 9.17) is 14.5 Å². The molecule has 0 spiro atoms. The monoisotopic (exact) mass is 490 g/mol. The van der Waals surface area contributed by atoms with Gasteiger partial charge in [-0.15, -0.1) is 11.3 Å². The molecule has 0 saturated heterocycles. The Kier molecular flexibility index (Phi) is 6.67.